The van der Waals surface area contributed by atoms with Crippen LogP contribution in [0.3, 0.4) is 0 Å². The number of aliphatic hydroxyl groups is 2. The molecule has 3 amide bonds. The number of aryl methyl sites for hydroxylation is 1. The number of nitrogens with zero attached hydrogens (tertiary/aromatic N) is 4. The summed E-state index contributed by atoms with van der Waals surface area (Å²) in [6, 6.07) is 13.6. The summed E-state index contributed by atoms with van der Waals surface area (Å²) in [4.78, 5) is 71.6. The third kappa shape index (κ3) is 9.12. The summed E-state index contributed by atoms with van der Waals surface area (Å²) in [6.07, 6.45) is 2.31. The van der Waals surface area contributed by atoms with Crippen LogP contribution in [0.5, 0.6) is 5.75 Å². The Morgan fingerprint density at radius 2 is 1.73 bits per heavy atom. The number of carbonyl (C=O) groups excluding carboxylic acids is 3. The number of likely N-dealkylation sites (N-methyl/N-ethyl adjacent to an activating group) is 2. The van der Waals surface area contributed by atoms with E-state index in [9.17, 15) is 39.3 Å². The summed E-state index contributed by atoms with van der Waals surface area (Å²) in [5.74, 6) is -0.569. The van der Waals surface area contributed by atoms with Crippen molar-refractivity contribution < 1.29 is 53.4 Å². The largest absolute Gasteiger partial charge is 0.481 e. The molecule has 0 saturated heterocycles. The summed E-state index contributed by atoms with van der Waals surface area (Å²) in [5.41, 5.74) is 2.45. The lowest BCUT2D eigenvalue weighted by Gasteiger charge is -2.37. The van der Waals surface area contributed by atoms with E-state index in [0.717, 1.165) is 16.5 Å². The molecular weight excluding hydrogens is 815 g/mol. The van der Waals surface area contributed by atoms with Gasteiger partial charge in [-0.1, -0.05) is 32.1 Å². The summed E-state index contributed by atoms with van der Waals surface area (Å²) in [6.45, 7) is 5.82. The van der Waals surface area contributed by atoms with Crippen LogP contribution in [0.1, 0.15) is 80.7 Å². The lowest BCUT2D eigenvalue weighted by atomic mass is 9.79. The first-order valence-corrected chi connectivity index (χ1v) is 21.1. The highest BCUT2D eigenvalue weighted by Crippen LogP contribution is 2.42. The number of allylic oxidation sites excluding steroid dienone is 1. The van der Waals surface area contributed by atoms with Gasteiger partial charge in [-0.25, -0.2) is 19.4 Å². The summed E-state index contributed by atoms with van der Waals surface area (Å²) in [5, 5.41) is 34.8. The van der Waals surface area contributed by atoms with Crippen molar-refractivity contribution in [3.05, 3.63) is 98.9 Å². The van der Waals surface area contributed by atoms with Gasteiger partial charge >= 0.3 is 24.2 Å². The van der Waals surface area contributed by atoms with Crippen molar-refractivity contribution in [3.8, 4) is 17.1 Å². The Morgan fingerprint density at radius 3 is 2.43 bits per heavy atom. The number of hydrogen-bond donors (Lipinski definition) is 4. The van der Waals surface area contributed by atoms with E-state index in [1.54, 1.807) is 87.1 Å². The predicted molar refractivity (Wildman–Crippen MR) is 230 cm³/mol. The second kappa shape index (κ2) is 18.2. The van der Waals surface area contributed by atoms with E-state index < -0.39 is 47.7 Å². The van der Waals surface area contributed by atoms with Crippen LogP contribution in [-0.4, -0.2) is 98.5 Å². The third-order valence-electron chi connectivity index (χ3n) is 12.4. The predicted octanol–water partition coefficient (Wildman–Crippen LogP) is 6.27. The number of aliphatic carboxylic acids is 1. The summed E-state index contributed by atoms with van der Waals surface area (Å²) >= 11 is 0. The molecule has 3 aliphatic rings. The number of rotatable bonds is 11. The number of fused-ring (bicyclic) bond motifs is 5. The first kappa shape index (κ1) is 44.7. The second-order valence-corrected chi connectivity index (χ2v) is 16.6. The quantitative estimate of drug-likeness (QED) is 0.108. The van der Waals surface area contributed by atoms with Gasteiger partial charge in [0.1, 0.15) is 24.1 Å². The fourth-order valence-electron chi connectivity index (χ4n) is 8.25. The SMILES string of the molecule is CCc1c2c(nc3ccc(OC(=O)N(C)CCN(C)C(=O)OCc4ccc(NC(=O)O[C@H]5/C=C/CC[C@@](C)(C(=O)O)CC5)cc4)cc13)-c1cc3c(c(=O)n1C2)COC(O)[C@]3(O)CC. The highest BCUT2D eigenvalue weighted by Gasteiger charge is 2.44. The van der Waals surface area contributed by atoms with Gasteiger partial charge in [0.15, 0.2) is 6.29 Å². The van der Waals surface area contributed by atoms with Crippen LogP contribution in [0.25, 0.3) is 22.3 Å². The lowest BCUT2D eigenvalue weighted by Crippen LogP contribution is -2.47. The van der Waals surface area contributed by atoms with Crippen LogP contribution in [0, 0.1) is 5.41 Å². The third-order valence-corrected chi connectivity index (χ3v) is 12.4. The zero-order chi connectivity index (χ0) is 45.2. The summed E-state index contributed by atoms with van der Waals surface area (Å²) in [7, 11) is 3.11. The van der Waals surface area contributed by atoms with E-state index >= 15 is 0 Å². The fraction of sp³-hybridized carbons (Fsp3) is 0.435. The van der Waals surface area contributed by atoms with Crippen molar-refractivity contribution in [1.29, 1.82) is 0 Å². The normalized spacial score (nSPS) is 21.8. The van der Waals surface area contributed by atoms with E-state index in [1.807, 2.05) is 13.0 Å². The maximum atomic E-state index is 13.7. The topological polar surface area (TPSA) is 219 Å². The minimum atomic E-state index is -1.73. The number of aromatic nitrogens is 2. The van der Waals surface area contributed by atoms with Gasteiger partial charge in [0.25, 0.3) is 5.56 Å². The van der Waals surface area contributed by atoms with Crippen LogP contribution in [0.15, 0.2) is 65.5 Å². The number of carbonyl (C=O) groups is 4. The zero-order valence-electron chi connectivity index (χ0n) is 36.0. The maximum absolute atomic E-state index is 13.7. The molecule has 0 fully saturated rings. The number of pyridine rings is 2. The molecule has 334 valence electrons. The molecule has 4 N–H and O–H groups in total. The minimum absolute atomic E-state index is 0.0347. The van der Waals surface area contributed by atoms with Crippen molar-refractivity contribution in [2.75, 3.05) is 32.5 Å². The van der Waals surface area contributed by atoms with E-state index in [1.165, 1.54) is 9.80 Å². The van der Waals surface area contributed by atoms with E-state index in [0.29, 0.717) is 77.1 Å². The molecule has 17 nitrogen and oxygen atoms in total. The Bertz CT molecular complexity index is 2520. The second-order valence-electron chi connectivity index (χ2n) is 16.6. The monoisotopic (exact) mass is 867 g/mol. The molecule has 0 spiro atoms. The lowest BCUT2D eigenvalue weighted by molar-refractivity contribution is -0.236. The first-order chi connectivity index (χ1) is 30.0. The number of hydrogen-bond acceptors (Lipinski definition) is 12. The van der Waals surface area contributed by atoms with Crippen molar-refractivity contribution in [2.45, 2.75) is 97.0 Å². The van der Waals surface area contributed by atoms with E-state index in [2.05, 4.69) is 5.32 Å². The Morgan fingerprint density at radius 1 is 1.00 bits per heavy atom. The van der Waals surface area contributed by atoms with Crippen molar-refractivity contribution in [2.24, 2.45) is 5.41 Å². The number of carboxylic acids is 1. The van der Waals surface area contributed by atoms with Gasteiger partial charge in [0.2, 0.25) is 0 Å². The number of ether oxygens (including phenoxy) is 4. The molecule has 0 saturated carbocycles. The average Bonchev–Trinajstić information content (AvgIpc) is 3.63. The molecular formula is C46H53N5O12. The molecule has 63 heavy (non-hydrogen) atoms. The van der Waals surface area contributed by atoms with Gasteiger partial charge in [0, 0.05) is 54.9 Å². The Kier molecular flexibility index (Phi) is 12.9. The standard InChI is InChI=1S/C46H53N5O12/c1-6-31-32-22-30(15-16-36(32)48-38-33(31)24-51-37(38)23-35-34(39(51)52)26-60-41(55)46(35,59)7-2)63-44(58)50(5)21-20-49(4)43(57)61-25-27-11-13-28(14-12-27)47-42(56)62-29-10-8-9-18-45(3,19-17-29)40(53)54/h8,10-16,22-23,29,41,55,59H,6-7,9,17-21,24-26H2,1-5H3,(H,47,56)(H,53,54)/b10-8+/t29-,41?,45+,46-/m0/s1. The Labute approximate surface area is 363 Å². The Hall–Kier alpha value is -6.30. The highest BCUT2D eigenvalue weighted by atomic mass is 16.6. The van der Waals surface area contributed by atoms with Crippen molar-refractivity contribution in [1.82, 2.24) is 19.4 Å². The molecule has 1 aliphatic carbocycles. The van der Waals surface area contributed by atoms with Crippen molar-refractivity contribution in [3.63, 3.8) is 0 Å². The van der Waals surface area contributed by atoms with E-state index in [-0.39, 0.29) is 44.8 Å². The molecule has 2 aromatic carbocycles. The molecule has 0 bridgehead atoms. The van der Waals surface area contributed by atoms with Crippen LogP contribution in [0.4, 0.5) is 20.1 Å². The molecule has 1 unspecified atom stereocenters. The average molecular weight is 868 g/mol. The molecule has 4 atom stereocenters. The number of amides is 3. The van der Waals surface area contributed by atoms with Crippen LogP contribution in [-0.2, 0) is 50.8 Å². The van der Waals surface area contributed by atoms with Gasteiger partial charge in [-0.3, -0.25) is 14.9 Å². The highest BCUT2D eigenvalue weighted by molar-refractivity contribution is 5.90. The van der Waals surface area contributed by atoms with Gasteiger partial charge < -0.3 is 48.6 Å². The van der Waals surface area contributed by atoms with Crippen molar-refractivity contribution >= 4 is 40.8 Å². The minimum Gasteiger partial charge on any atom is -0.481 e. The van der Waals surface area contributed by atoms with Crippen LogP contribution in [0.2, 0.25) is 0 Å². The van der Waals surface area contributed by atoms with Gasteiger partial charge in [-0.2, -0.15) is 0 Å². The van der Waals surface area contributed by atoms with Crippen LogP contribution < -0.4 is 15.6 Å². The van der Waals surface area contributed by atoms with Gasteiger partial charge in [-0.05, 0) is 99.0 Å². The van der Waals surface area contributed by atoms with Gasteiger partial charge in [-0.15, -0.1) is 0 Å². The molecule has 17 heteroatoms. The van der Waals surface area contributed by atoms with Crippen LogP contribution >= 0.6 is 0 Å². The van der Waals surface area contributed by atoms with E-state index in [4.69, 9.17) is 23.9 Å². The molecule has 2 aliphatic heterocycles. The summed E-state index contributed by atoms with van der Waals surface area (Å²) < 4.78 is 23.7. The smallest absolute Gasteiger partial charge is 0.415 e. The van der Waals surface area contributed by atoms with Gasteiger partial charge in [0.05, 0.1) is 35.5 Å². The number of nitrogens with one attached hydrogen (secondary N) is 1. The number of aliphatic hydroxyl groups excluding tert-OH is 1. The number of benzene rings is 2. The fourth-order valence-corrected chi connectivity index (χ4v) is 8.25. The molecule has 7 rings (SSSR count). The Balaban J connectivity index is 0.902. The molecule has 2 aromatic heterocycles. The molecule has 4 aromatic rings. The molecule has 4 heterocycles. The molecule has 0 radical (unpaired) electrons. The number of carboxylic acid groups (broad SMARTS) is 1. The zero-order valence-corrected chi connectivity index (χ0v) is 36.0. The number of anilines is 1. The maximum Gasteiger partial charge on any atom is 0.415 e. The first-order valence-electron chi connectivity index (χ1n) is 21.1.